The minimum atomic E-state index is -3.77. The van der Waals surface area contributed by atoms with Gasteiger partial charge in [0.25, 0.3) is 10.0 Å². The van der Waals surface area contributed by atoms with E-state index in [2.05, 4.69) is 19.6 Å². The summed E-state index contributed by atoms with van der Waals surface area (Å²) < 4.78 is 43.5. The number of fused-ring (bicyclic) bond motifs is 1. The molecule has 0 radical (unpaired) electrons. The van der Waals surface area contributed by atoms with Crippen LogP contribution in [-0.4, -0.2) is 59.9 Å². The number of sulfonamides is 1. The predicted octanol–water partition coefficient (Wildman–Crippen LogP) is 3.28. The first kappa shape index (κ1) is 23.7. The number of piperazine rings is 1. The molecule has 1 amide bonds. The van der Waals surface area contributed by atoms with Crippen molar-refractivity contribution in [3.05, 3.63) is 79.1 Å². The van der Waals surface area contributed by atoms with Crippen LogP contribution in [0, 0.1) is 5.82 Å². The lowest BCUT2D eigenvalue weighted by Crippen LogP contribution is -2.50. The summed E-state index contributed by atoms with van der Waals surface area (Å²) in [6.45, 7) is 4.13. The lowest BCUT2D eigenvalue weighted by Gasteiger charge is -2.37. The van der Waals surface area contributed by atoms with Crippen LogP contribution >= 0.6 is 0 Å². The fraction of sp³-hybridized carbons (Fsp3) is 0.240. The zero-order chi connectivity index (χ0) is 25.3. The number of nitrogens with one attached hydrogen (secondary N) is 1. The van der Waals surface area contributed by atoms with E-state index in [0.29, 0.717) is 37.1 Å². The van der Waals surface area contributed by atoms with Crippen molar-refractivity contribution < 1.29 is 17.6 Å². The van der Waals surface area contributed by atoms with Crippen molar-refractivity contribution in [1.82, 2.24) is 19.4 Å². The second-order valence-corrected chi connectivity index (χ2v) is 10.3. The molecular formula is C25H25FN6O3S. The largest absolute Gasteiger partial charge is 0.368 e. The molecule has 2 aromatic heterocycles. The zero-order valence-electron chi connectivity index (χ0n) is 19.6. The molecule has 1 aliphatic rings. The van der Waals surface area contributed by atoms with Crippen LogP contribution in [0.1, 0.15) is 13.0 Å². The van der Waals surface area contributed by atoms with Gasteiger partial charge in [-0.25, -0.2) is 22.8 Å². The number of rotatable bonds is 6. The fourth-order valence-electron chi connectivity index (χ4n) is 4.44. The molecule has 1 N–H and O–H groups in total. The monoisotopic (exact) mass is 508 g/mol. The highest BCUT2D eigenvalue weighted by Gasteiger charge is 2.27. The summed E-state index contributed by atoms with van der Waals surface area (Å²) in [6, 6.07) is 14.2. The van der Waals surface area contributed by atoms with Gasteiger partial charge in [-0.15, -0.1) is 0 Å². The molecule has 0 saturated carbocycles. The molecule has 3 heterocycles. The van der Waals surface area contributed by atoms with E-state index >= 15 is 0 Å². The van der Waals surface area contributed by atoms with Gasteiger partial charge >= 0.3 is 0 Å². The average molecular weight is 509 g/mol. The van der Waals surface area contributed by atoms with Crippen molar-refractivity contribution in [2.75, 3.05) is 35.8 Å². The maximum atomic E-state index is 14.1. The number of hydrogen-bond donors (Lipinski definition) is 1. The van der Waals surface area contributed by atoms with Crippen molar-refractivity contribution in [2.24, 2.45) is 0 Å². The molecule has 36 heavy (non-hydrogen) atoms. The van der Waals surface area contributed by atoms with Crippen LogP contribution in [0.25, 0.3) is 10.9 Å². The standard InChI is InChI=1S/C25H25FN6O3S/c1-18(32-12-10-21-22(26)3-2-4-23(21)32)25(33)31-15-13-30(14-16-31)19-5-7-20(8-6-19)36(34,35)29-24-9-11-27-17-28-24/h2-12,17-18H,13-16H2,1H3,(H,27,28,29). The van der Waals surface area contributed by atoms with Crippen LogP contribution in [-0.2, 0) is 14.8 Å². The number of hydrogen-bond acceptors (Lipinski definition) is 6. The summed E-state index contributed by atoms with van der Waals surface area (Å²) in [6.07, 6.45) is 4.48. The molecule has 1 fully saturated rings. The molecule has 0 bridgehead atoms. The van der Waals surface area contributed by atoms with Crippen molar-refractivity contribution in [1.29, 1.82) is 0 Å². The molecule has 1 saturated heterocycles. The number of nitrogens with zero attached hydrogens (tertiary/aromatic N) is 5. The van der Waals surface area contributed by atoms with Gasteiger partial charge in [0.05, 0.1) is 10.4 Å². The summed E-state index contributed by atoms with van der Waals surface area (Å²) in [7, 11) is -3.77. The third kappa shape index (κ3) is 4.61. The molecular weight excluding hydrogens is 483 g/mol. The molecule has 11 heteroatoms. The van der Waals surface area contributed by atoms with Gasteiger partial charge in [0.2, 0.25) is 5.91 Å². The van der Waals surface area contributed by atoms with E-state index in [4.69, 9.17) is 0 Å². The van der Waals surface area contributed by atoms with Gasteiger partial charge in [0, 0.05) is 49.6 Å². The Balaban J connectivity index is 1.22. The third-order valence-electron chi connectivity index (χ3n) is 6.41. The second kappa shape index (κ2) is 9.57. The minimum absolute atomic E-state index is 0.0198. The first-order valence-electron chi connectivity index (χ1n) is 11.5. The third-order valence-corrected chi connectivity index (χ3v) is 7.78. The van der Waals surface area contributed by atoms with E-state index in [1.165, 1.54) is 24.7 Å². The Kier molecular flexibility index (Phi) is 6.31. The number of benzene rings is 2. The highest BCUT2D eigenvalue weighted by molar-refractivity contribution is 7.92. The Morgan fingerprint density at radius 1 is 1.03 bits per heavy atom. The second-order valence-electron chi connectivity index (χ2n) is 8.58. The van der Waals surface area contributed by atoms with Gasteiger partial charge in [-0.05, 0) is 55.5 Å². The van der Waals surface area contributed by atoms with Gasteiger partial charge in [-0.3, -0.25) is 9.52 Å². The van der Waals surface area contributed by atoms with Crippen molar-refractivity contribution >= 4 is 38.3 Å². The molecule has 1 aliphatic heterocycles. The Labute approximate surface area is 208 Å². The Morgan fingerprint density at radius 3 is 2.47 bits per heavy atom. The van der Waals surface area contributed by atoms with Crippen LogP contribution in [0.3, 0.4) is 0 Å². The summed E-state index contributed by atoms with van der Waals surface area (Å²) in [5.74, 6) is -0.126. The van der Waals surface area contributed by atoms with Gasteiger partial charge in [-0.2, -0.15) is 0 Å². The Bertz CT molecular complexity index is 1480. The SMILES string of the molecule is CC(C(=O)N1CCN(c2ccc(S(=O)(=O)Nc3ccncn3)cc2)CC1)n1ccc2c(F)cccc21. The quantitative estimate of drug-likeness (QED) is 0.429. The van der Waals surface area contributed by atoms with Gasteiger partial charge in [0.15, 0.2) is 0 Å². The van der Waals surface area contributed by atoms with Gasteiger partial charge < -0.3 is 14.4 Å². The molecule has 5 rings (SSSR count). The Morgan fingerprint density at radius 2 is 1.78 bits per heavy atom. The van der Waals surface area contributed by atoms with Crippen LogP contribution < -0.4 is 9.62 Å². The molecule has 4 aromatic rings. The summed E-state index contributed by atoms with van der Waals surface area (Å²) >= 11 is 0. The normalized spacial score (nSPS) is 15.2. The molecule has 9 nitrogen and oxygen atoms in total. The maximum absolute atomic E-state index is 14.1. The highest BCUT2D eigenvalue weighted by Crippen LogP contribution is 2.25. The zero-order valence-corrected chi connectivity index (χ0v) is 20.4. The Hall–Kier alpha value is -3.99. The number of aromatic nitrogens is 3. The highest BCUT2D eigenvalue weighted by atomic mass is 32.2. The van der Waals surface area contributed by atoms with Crippen molar-refractivity contribution in [3.63, 3.8) is 0 Å². The average Bonchev–Trinajstić information content (AvgIpc) is 3.34. The van der Waals surface area contributed by atoms with Crippen LogP contribution in [0.4, 0.5) is 15.9 Å². The lowest BCUT2D eigenvalue weighted by molar-refractivity contribution is -0.134. The predicted molar refractivity (Wildman–Crippen MR) is 135 cm³/mol. The number of anilines is 2. The molecule has 1 unspecified atom stereocenters. The van der Waals surface area contributed by atoms with E-state index in [9.17, 15) is 17.6 Å². The maximum Gasteiger partial charge on any atom is 0.263 e. The molecule has 186 valence electrons. The van der Waals surface area contributed by atoms with E-state index in [1.54, 1.807) is 42.6 Å². The summed E-state index contributed by atoms with van der Waals surface area (Å²) in [4.78, 5) is 24.9. The first-order valence-corrected chi connectivity index (χ1v) is 13.0. The number of halogens is 1. The molecule has 0 spiro atoms. The number of carbonyl (C=O) groups is 1. The summed E-state index contributed by atoms with van der Waals surface area (Å²) in [5.41, 5.74) is 1.57. The van der Waals surface area contributed by atoms with Crippen molar-refractivity contribution in [2.45, 2.75) is 17.9 Å². The van der Waals surface area contributed by atoms with E-state index in [1.807, 2.05) is 22.5 Å². The smallest absolute Gasteiger partial charge is 0.263 e. The topological polar surface area (TPSA) is 100 Å². The fourth-order valence-corrected chi connectivity index (χ4v) is 5.45. The first-order chi connectivity index (χ1) is 17.3. The van der Waals surface area contributed by atoms with Gasteiger partial charge in [0.1, 0.15) is 24.0 Å². The van der Waals surface area contributed by atoms with E-state index in [0.717, 1.165) is 5.69 Å². The number of carbonyl (C=O) groups excluding carboxylic acids is 1. The number of amides is 1. The molecule has 1 atom stereocenters. The van der Waals surface area contributed by atoms with Crippen molar-refractivity contribution in [3.8, 4) is 0 Å². The van der Waals surface area contributed by atoms with Crippen LogP contribution in [0.2, 0.25) is 0 Å². The molecule has 2 aromatic carbocycles. The van der Waals surface area contributed by atoms with Crippen LogP contribution in [0.5, 0.6) is 0 Å². The van der Waals surface area contributed by atoms with E-state index in [-0.39, 0.29) is 22.4 Å². The van der Waals surface area contributed by atoms with Gasteiger partial charge in [-0.1, -0.05) is 6.07 Å². The lowest BCUT2D eigenvalue weighted by atomic mass is 10.2. The van der Waals surface area contributed by atoms with E-state index < -0.39 is 16.1 Å². The minimum Gasteiger partial charge on any atom is -0.368 e. The summed E-state index contributed by atoms with van der Waals surface area (Å²) in [5, 5.41) is 0.500. The molecule has 0 aliphatic carbocycles. The van der Waals surface area contributed by atoms with Crippen LogP contribution in [0.15, 0.2) is 78.2 Å².